The van der Waals surface area contributed by atoms with Crippen LogP contribution in [0.3, 0.4) is 0 Å². The average Bonchev–Trinajstić information content (AvgIpc) is 2.29. The highest BCUT2D eigenvalue weighted by atomic mass is 35.5. The second kappa shape index (κ2) is 6.65. The monoisotopic (exact) mass is 254 g/mol. The topological polar surface area (TPSA) is 26.3 Å². The minimum Gasteiger partial charge on any atom is -0.465 e. The summed E-state index contributed by atoms with van der Waals surface area (Å²) in [4.78, 5) is 11.5. The molecule has 17 heavy (non-hydrogen) atoms. The number of ether oxygens (including phenoxy) is 1. The Morgan fingerprint density at radius 2 is 2.00 bits per heavy atom. The molecule has 0 radical (unpaired) electrons. The number of hydrogen-bond donors (Lipinski definition) is 0. The lowest BCUT2D eigenvalue weighted by molar-refractivity contribution is -0.142. The van der Waals surface area contributed by atoms with Crippen LogP contribution in [-0.2, 0) is 16.0 Å². The number of carbonyl (C=O) groups excluding carboxylic acids is 1. The van der Waals surface area contributed by atoms with Gasteiger partial charge in [-0.1, -0.05) is 38.1 Å². The molecule has 1 rings (SSSR count). The Morgan fingerprint density at radius 3 is 2.59 bits per heavy atom. The zero-order chi connectivity index (χ0) is 12.8. The molecule has 0 bridgehead atoms. The van der Waals surface area contributed by atoms with E-state index < -0.39 is 5.38 Å². The fourth-order valence-electron chi connectivity index (χ4n) is 1.79. The third kappa shape index (κ3) is 4.04. The molecule has 0 aliphatic carbocycles. The van der Waals surface area contributed by atoms with Crippen LogP contribution < -0.4 is 0 Å². The first-order chi connectivity index (χ1) is 8.06. The molecular weight excluding hydrogens is 236 g/mol. The van der Waals surface area contributed by atoms with Crippen LogP contribution in [0, 0.1) is 0 Å². The maximum absolute atomic E-state index is 11.5. The van der Waals surface area contributed by atoms with Gasteiger partial charge in [-0.25, -0.2) is 0 Å². The quantitative estimate of drug-likeness (QED) is 0.594. The van der Waals surface area contributed by atoms with E-state index in [0.717, 1.165) is 5.56 Å². The number of carbonyl (C=O) groups is 1. The van der Waals surface area contributed by atoms with Crippen molar-refractivity contribution in [1.82, 2.24) is 0 Å². The summed E-state index contributed by atoms with van der Waals surface area (Å²) in [5.41, 5.74) is 2.36. The number of esters is 1. The number of halogens is 1. The fourth-order valence-corrected chi connectivity index (χ4v) is 2.02. The number of rotatable bonds is 5. The van der Waals surface area contributed by atoms with Gasteiger partial charge in [0.05, 0.1) is 6.61 Å². The van der Waals surface area contributed by atoms with Crippen molar-refractivity contribution in [3.63, 3.8) is 0 Å². The Bertz CT molecular complexity index is 374. The van der Waals surface area contributed by atoms with Crippen LogP contribution in [0.5, 0.6) is 0 Å². The SMILES string of the molecule is CCOC(=O)C(Cl)Cc1ccccc1C(C)C. The smallest absolute Gasteiger partial charge is 0.324 e. The van der Waals surface area contributed by atoms with Gasteiger partial charge in [-0.05, 0) is 30.4 Å². The van der Waals surface area contributed by atoms with Gasteiger partial charge in [0.1, 0.15) is 5.38 Å². The molecule has 1 unspecified atom stereocenters. The molecule has 3 heteroatoms. The van der Waals surface area contributed by atoms with Crippen molar-refractivity contribution in [3.8, 4) is 0 Å². The van der Waals surface area contributed by atoms with E-state index in [1.165, 1.54) is 5.56 Å². The van der Waals surface area contributed by atoms with Crippen LogP contribution >= 0.6 is 11.6 Å². The van der Waals surface area contributed by atoms with E-state index in [1.54, 1.807) is 6.92 Å². The van der Waals surface area contributed by atoms with Crippen LogP contribution in [0.15, 0.2) is 24.3 Å². The average molecular weight is 255 g/mol. The van der Waals surface area contributed by atoms with E-state index in [9.17, 15) is 4.79 Å². The molecular formula is C14H19ClO2. The number of benzene rings is 1. The minimum absolute atomic E-state index is 0.340. The minimum atomic E-state index is -0.602. The molecule has 0 heterocycles. The summed E-state index contributed by atoms with van der Waals surface area (Å²) in [5.74, 6) is 0.0880. The van der Waals surface area contributed by atoms with Crippen molar-refractivity contribution in [1.29, 1.82) is 0 Å². The molecule has 0 spiro atoms. The second-order valence-electron chi connectivity index (χ2n) is 4.28. The Kier molecular flexibility index (Phi) is 5.49. The lowest BCUT2D eigenvalue weighted by atomic mass is 9.94. The molecule has 1 aromatic rings. The summed E-state index contributed by atoms with van der Waals surface area (Å²) in [6, 6.07) is 8.07. The summed E-state index contributed by atoms with van der Waals surface area (Å²) < 4.78 is 4.91. The number of hydrogen-bond acceptors (Lipinski definition) is 2. The number of alkyl halides is 1. The highest BCUT2D eigenvalue weighted by molar-refractivity contribution is 6.30. The van der Waals surface area contributed by atoms with E-state index in [1.807, 2.05) is 18.2 Å². The van der Waals surface area contributed by atoms with Gasteiger partial charge in [0.25, 0.3) is 0 Å². The first-order valence-electron chi connectivity index (χ1n) is 5.94. The zero-order valence-electron chi connectivity index (χ0n) is 10.6. The normalized spacial score (nSPS) is 12.5. The maximum Gasteiger partial charge on any atom is 0.324 e. The van der Waals surface area contributed by atoms with Crippen molar-refractivity contribution in [2.45, 2.75) is 38.5 Å². The maximum atomic E-state index is 11.5. The van der Waals surface area contributed by atoms with Gasteiger partial charge in [0.2, 0.25) is 0 Å². The Labute approximate surface area is 108 Å². The third-order valence-corrected chi connectivity index (χ3v) is 2.95. The zero-order valence-corrected chi connectivity index (χ0v) is 11.3. The van der Waals surface area contributed by atoms with Gasteiger partial charge in [-0.3, -0.25) is 4.79 Å². The van der Waals surface area contributed by atoms with Crippen molar-refractivity contribution >= 4 is 17.6 Å². The van der Waals surface area contributed by atoms with E-state index in [-0.39, 0.29) is 5.97 Å². The van der Waals surface area contributed by atoms with Crippen molar-refractivity contribution < 1.29 is 9.53 Å². The molecule has 0 aliphatic heterocycles. The molecule has 0 N–H and O–H groups in total. The summed E-state index contributed by atoms with van der Waals surface area (Å²) in [6.07, 6.45) is 0.523. The largest absolute Gasteiger partial charge is 0.465 e. The van der Waals surface area contributed by atoms with E-state index in [4.69, 9.17) is 16.3 Å². The van der Waals surface area contributed by atoms with Crippen molar-refractivity contribution in [2.24, 2.45) is 0 Å². The molecule has 94 valence electrons. The summed E-state index contributed by atoms with van der Waals surface area (Å²) in [6.45, 7) is 6.41. The van der Waals surface area contributed by atoms with Crippen LogP contribution in [0.25, 0.3) is 0 Å². The first kappa shape index (κ1) is 14.0. The van der Waals surface area contributed by atoms with Gasteiger partial charge in [-0.15, -0.1) is 11.6 Å². The Morgan fingerprint density at radius 1 is 1.35 bits per heavy atom. The highest BCUT2D eigenvalue weighted by Gasteiger charge is 2.18. The predicted molar refractivity (Wildman–Crippen MR) is 70.5 cm³/mol. The van der Waals surface area contributed by atoms with Crippen LogP contribution in [0.4, 0.5) is 0 Å². The van der Waals surface area contributed by atoms with Crippen LogP contribution in [0.1, 0.15) is 37.8 Å². The Balaban J connectivity index is 2.77. The summed E-state index contributed by atoms with van der Waals surface area (Å²) >= 11 is 6.05. The Hall–Kier alpha value is -1.02. The van der Waals surface area contributed by atoms with E-state index in [0.29, 0.717) is 18.9 Å². The second-order valence-corrected chi connectivity index (χ2v) is 4.80. The van der Waals surface area contributed by atoms with Gasteiger partial charge >= 0.3 is 5.97 Å². The van der Waals surface area contributed by atoms with Crippen LogP contribution in [-0.4, -0.2) is 18.0 Å². The van der Waals surface area contributed by atoms with Gasteiger partial charge in [0.15, 0.2) is 0 Å². The lowest BCUT2D eigenvalue weighted by Crippen LogP contribution is -2.20. The molecule has 0 saturated carbocycles. The van der Waals surface area contributed by atoms with E-state index >= 15 is 0 Å². The standard InChI is InChI=1S/C14H19ClO2/c1-4-17-14(16)13(15)9-11-7-5-6-8-12(11)10(2)3/h5-8,10,13H,4,9H2,1-3H3. The first-order valence-corrected chi connectivity index (χ1v) is 6.38. The lowest BCUT2D eigenvalue weighted by Gasteiger charge is -2.14. The van der Waals surface area contributed by atoms with Crippen molar-refractivity contribution in [3.05, 3.63) is 35.4 Å². The molecule has 1 aromatic carbocycles. The molecule has 0 aromatic heterocycles. The molecule has 0 saturated heterocycles. The van der Waals surface area contributed by atoms with Gasteiger partial charge in [0, 0.05) is 0 Å². The third-order valence-electron chi connectivity index (χ3n) is 2.62. The molecule has 0 aliphatic rings. The van der Waals surface area contributed by atoms with E-state index in [2.05, 4.69) is 19.9 Å². The highest BCUT2D eigenvalue weighted by Crippen LogP contribution is 2.21. The summed E-state index contributed by atoms with van der Waals surface area (Å²) in [5, 5.41) is -0.602. The van der Waals surface area contributed by atoms with Gasteiger partial charge < -0.3 is 4.74 Å². The van der Waals surface area contributed by atoms with Crippen LogP contribution in [0.2, 0.25) is 0 Å². The predicted octanol–water partition coefficient (Wildman–Crippen LogP) is 3.52. The fraction of sp³-hybridized carbons (Fsp3) is 0.500. The molecule has 0 fully saturated rings. The summed E-state index contributed by atoms with van der Waals surface area (Å²) in [7, 11) is 0. The van der Waals surface area contributed by atoms with Gasteiger partial charge in [-0.2, -0.15) is 0 Å². The molecule has 2 nitrogen and oxygen atoms in total. The molecule has 1 atom stereocenters. The molecule has 0 amide bonds. The van der Waals surface area contributed by atoms with Crippen molar-refractivity contribution in [2.75, 3.05) is 6.61 Å².